The van der Waals surface area contributed by atoms with Crippen LogP contribution < -0.4 is 10.1 Å². The standard InChI is InChI=1S/C18H28N2O3/c1-2-23-16-5-3-4-15(18(16)21)17(14-6-12-22-13-7-14)20-10-8-19-9-11-20/h3-5,14,17,19,21H,2,6-13H2,1H3/t17-/m0/s1. The van der Waals surface area contributed by atoms with Crippen LogP contribution in [0.25, 0.3) is 0 Å². The van der Waals surface area contributed by atoms with Gasteiger partial charge in [-0.15, -0.1) is 0 Å². The van der Waals surface area contributed by atoms with Crippen LogP contribution in [0.3, 0.4) is 0 Å². The Labute approximate surface area is 138 Å². The number of piperazine rings is 1. The SMILES string of the molecule is CCOc1cccc([C@H](C2CCOCC2)N2CCNCC2)c1O. The zero-order valence-corrected chi connectivity index (χ0v) is 14.0. The van der Waals surface area contributed by atoms with Crippen molar-refractivity contribution in [3.8, 4) is 11.5 Å². The molecule has 128 valence electrons. The van der Waals surface area contributed by atoms with Gasteiger partial charge in [-0.05, 0) is 31.7 Å². The minimum absolute atomic E-state index is 0.237. The highest BCUT2D eigenvalue weighted by molar-refractivity contribution is 5.47. The van der Waals surface area contributed by atoms with Crippen LogP contribution in [0.15, 0.2) is 18.2 Å². The first-order chi connectivity index (χ1) is 11.3. The zero-order chi connectivity index (χ0) is 16.1. The van der Waals surface area contributed by atoms with Gasteiger partial charge in [0, 0.05) is 51.0 Å². The van der Waals surface area contributed by atoms with Crippen LogP contribution in [0.5, 0.6) is 11.5 Å². The van der Waals surface area contributed by atoms with Crippen molar-refractivity contribution in [2.24, 2.45) is 5.92 Å². The van der Waals surface area contributed by atoms with Crippen molar-refractivity contribution in [3.05, 3.63) is 23.8 Å². The molecule has 2 fully saturated rings. The molecule has 2 N–H and O–H groups in total. The Morgan fingerprint density at radius 1 is 1.30 bits per heavy atom. The van der Waals surface area contributed by atoms with E-state index in [4.69, 9.17) is 9.47 Å². The molecule has 5 heteroatoms. The summed E-state index contributed by atoms with van der Waals surface area (Å²) in [6, 6.07) is 6.14. The van der Waals surface area contributed by atoms with Crippen LogP contribution in [0, 0.1) is 5.92 Å². The summed E-state index contributed by atoms with van der Waals surface area (Å²) in [5.41, 5.74) is 1.00. The molecule has 0 aromatic heterocycles. The number of rotatable bonds is 5. The fourth-order valence-corrected chi connectivity index (χ4v) is 3.79. The van der Waals surface area contributed by atoms with Crippen molar-refractivity contribution in [3.63, 3.8) is 0 Å². The Balaban J connectivity index is 1.91. The fraction of sp³-hybridized carbons (Fsp3) is 0.667. The van der Waals surface area contributed by atoms with E-state index in [9.17, 15) is 5.11 Å². The monoisotopic (exact) mass is 320 g/mol. The lowest BCUT2D eigenvalue weighted by Gasteiger charge is -2.41. The lowest BCUT2D eigenvalue weighted by Crippen LogP contribution is -2.47. The third-order valence-electron chi connectivity index (χ3n) is 4.91. The average molecular weight is 320 g/mol. The van der Waals surface area contributed by atoms with Gasteiger partial charge in [-0.2, -0.15) is 0 Å². The summed E-state index contributed by atoms with van der Waals surface area (Å²) >= 11 is 0. The number of benzene rings is 1. The first-order valence-corrected chi connectivity index (χ1v) is 8.78. The smallest absolute Gasteiger partial charge is 0.162 e. The third-order valence-corrected chi connectivity index (χ3v) is 4.91. The molecule has 23 heavy (non-hydrogen) atoms. The normalized spacial score (nSPS) is 22.0. The van der Waals surface area contributed by atoms with Gasteiger partial charge in [-0.25, -0.2) is 0 Å². The molecule has 1 atom stereocenters. The molecule has 0 spiro atoms. The number of phenolic OH excluding ortho intramolecular Hbond substituents is 1. The van der Waals surface area contributed by atoms with Gasteiger partial charge in [0.15, 0.2) is 11.5 Å². The second kappa shape index (κ2) is 7.99. The first kappa shape index (κ1) is 16.6. The molecular weight excluding hydrogens is 292 g/mol. The molecule has 2 aliphatic rings. The molecule has 2 aliphatic heterocycles. The molecule has 0 amide bonds. The molecule has 0 aliphatic carbocycles. The number of nitrogens with one attached hydrogen (secondary N) is 1. The van der Waals surface area contributed by atoms with Crippen molar-refractivity contribution in [1.82, 2.24) is 10.2 Å². The Kier molecular flexibility index (Phi) is 5.75. The highest BCUT2D eigenvalue weighted by Gasteiger charge is 2.33. The molecule has 2 heterocycles. The van der Waals surface area contributed by atoms with Gasteiger partial charge < -0.3 is 19.9 Å². The molecule has 1 aromatic carbocycles. The molecule has 0 bridgehead atoms. The average Bonchev–Trinajstić information content (AvgIpc) is 2.60. The third kappa shape index (κ3) is 3.79. The molecule has 1 aromatic rings. The maximum absolute atomic E-state index is 10.8. The van der Waals surface area contributed by atoms with Gasteiger partial charge in [0.05, 0.1) is 6.61 Å². The predicted molar refractivity (Wildman–Crippen MR) is 90.0 cm³/mol. The van der Waals surface area contributed by atoms with Crippen LogP contribution in [-0.4, -0.2) is 56.0 Å². The van der Waals surface area contributed by atoms with E-state index in [2.05, 4.69) is 16.3 Å². The van der Waals surface area contributed by atoms with E-state index in [0.717, 1.165) is 57.8 Å². The second-order valence-corrected chi connectivity index (χ2v) is 6.31. The highest BCUT2D eigenvalue weighted by Crippen LogP contribution is 2.42. The van der Waals surface area contributed by atoms with Crippen LogP contribution in [0.1, 0.15) is 31.4 Å². The highest BCUT2D eigenvalue weighted by atomic mass is 16.5. The lowest BCUT2D eigenvalue weighted by atomic mass is 9.85. The van der Waals surface area contributed by atoms with Gasteiger partial charge >= 0.3 is 0 Å². The summed E-state index contributed by atoms with van der Waals surface area (Å²) in [5.74, 6) is 1.42. The Bertz CT molecular complexity index is 479. The van der Waals surface area contributed by atoms with Crippen molar-refractivity contribution in [1.29, 1.82) is 0 Å². The topological polar surface area (TPSA) is 54.0 Å². The minimum Gasteiger partial charge on any atom is -0.504 e. The molecule has 0 saturated carbocycles. The van der Waals surface area contributed by atoms with Crippen LogP contribution in [0.2, 0.25) is 0 Å². The molecule has 2 saturated heterocycles. The molecule has 0 radical (unpaired) electrons. The number of ether oxygens (including phenoxy) is 2. The fourth-order valence-electron chi connectivity index (χ4n) is 3.79. The maximum Gasteiger partial charge on any atom is 0.162 e. The van der Waals surface area contributed by atoms with Crippen LogP contribution in [-0.2, 0) is 4.74 Å². The van der Waals surface area contributed by atoms with Crippen molar-refractivity contribution < 1.29 is 14.6 Å². The van der Waals surface area contributed by atoms with Crippen LogP contribution >= 0.6 is 0 Å². The van der Waals surface area contributed by atoms with E-state index in [1.807, 2.05) is 19.1 Å². The van der Waals surface area contributed by atoms with Crippen LogP contribution in [0.4, 0.5) is 0 Å². The summed E-state index contributed by atoms with van der Waals surface area (Å²) in [7, 11) is 0. The molecule has 3 rings (SSSR count). The van der Waals surface area contributed by atoms with E-state index < -0.39 is 0 Å². The van der Waals surface area contributed by atoms with Gasteiger partial charge in [0.25, 0.3) is 0 Å². The number of para-hydroxylation sites is 1. The summed E-state index contributed by atoms with van der Waals surface area (Å²) in [6.45, 7) is 8.18. The zero-order valence-electron chi connectivity index (χ0n) is 14.0. The number of aromatic hydroxyl groups is 1. The Morgan fingerprint density at radius 3 is 2.74 bits per heavy atom. The summed E-state index contributed by atoms with van der Waals surface area (Å²) < 4.78 is 11.1. The van der Waals surface area contributed by atoms with E-state index in [1.54, 1.807) is 0 Å². The van der Waals surface area contributed by atoms with E-state index in [1.165, 1.54) is 0 Å². The lowest BCUT2D eigenvalue weighted by molar-refractivity contribution is 0.0205. The van der Waals surface area contributed by atoms with E-state index in [0.29, 0.717) is 24.0 Å². The van der Waals surface area contributed by atoms with Gasteiger partial charge in [0.2, 0.25) is 0 Å². The summed E-state index contributed by atoms with van der Waals surface area (Å²) in [4.78, 5) is 2.51. The van der Waals surface area contributed by atoms with E-state index in [-0.39, 0.29) is 6.04 Å². The Morgan fingerprint density at radius 2 is 2.04 bits per heavy atom. The van der Waals surface area contributed by atoms with Crippen molar-refractivity contribution >= 4 is 0 Å². The van der Waals surface area contributed by atoms with E-state index >= 15 is 0 Å². The van der Waals surface area contributed by atoms with Gasteiger partial charge in [-0.1, -0.05) is 12.1 Å². The number of nitrogens with zero attached hydrogens (tertiary/aromatic N) is 1. The largest absolute Gasteiger partial charge is 0.504 e. The van der Waals surface area contributed by atoms with Gasteiger partial charge in [-0.3, -0.25) is 4.90 Å². The van der Waals surface area contributed by atoms with Crippen molar-refractivity contribution in [2.45, 2.75) is 25.8 Å². The maximum atomic E-state index is 10.8. The quantitative estimate of drug-likeness (QED) is 0.871. The molecular formula is C18H28N2O3. The number of hydrogen-bond acceptors (Lipinski definition) is 5. The minimum atomic E-state index is 0.237. The van der Waals surface area contributed by atoms with Crippen molar-refractivity contribution in [2.75, 3.05) is 46.0 Å². The Hall–Kier alpha value is -1.30. The molecule has 5 nitrogen and oxygen atoms in total. The first-order valence-electron chi connectivity index (χ1n) is 8.78. The number of phenols is 1. The predicted octanol–water partition coefficient (Wildman–Crippen LogP) is 2.16. The molecule has 0 unspecified atom stereocenters. The second-order valence-electron chi connectivity index (χ2n) is 6.31. The number of hydrogen-bond donors (Lipinski definition) is 2. The van der Waals surface area contributed by atoms with Gasteiger partial charge in [0.1, 0.15) is 0 Å². The summed E-state index contributed by atoms with van der Waals surface area (Å²) in [6.07, 6.45) is 2.10. The summed E-state index contributed by atoms with van der Waals surface area (Å²) in [5, 5.41) is 14.2.